The van der Waals surface area contributed by atoms with E-state index in [1.54, 1.807) is 24.6 Å². The Hall–Kier alpha value is -4.80. The molecule has 3 aromatic heterocycles. The number of ether oxygens (including phenoxy) is 7. The first-order valence-electron chi connectivity index (χ1n) is 22.9. The molecule has 2 fully saturated rings. The van der Waals surface area contributed by atoms with Gasteiger partial charge < -0.3 is 38.1 Å². The quantitative estimate of drug-likeness (QED) is 0.137. The van der Waals surface area contributed by atoms with Gasteiger partial charge in [-0.2, -0.15) is 4.98 Å². The summed E-state index contributed by atoms with van der Waals surface area (Å²) in [7, 11) is 3.79. The number of rotatable bonds is 9. The van der Waals surface area contributed by atoms with E-state index in [4.69, 9.17) is 71.3 Å². The van der Waals surface area contributed by atoms with Gasteiger partial charge in [0.15, 0.2) is 11.6 Å². The Kier molecular flexibility index (Phi) is 14.4. The molecule has 354 valence electrons. The Morgan fingerprint density at radius 3 is 2.39 bits per heavy atom. The van der Waals surface area contributed by atoms with Gasteiger partial charge in [0, 0.05) is 73.2 Å². The molecule has 10 rings (SSSR count). The van der Waals surface area contributed by atoms with Crippen LogP contribution in [-0.2, 0) is 34.3 Å². The fourth-order valence-corrected chi connectivity index (χ4v) is 10.5. The van der Waals surface area contributed by atoms with Crippen LogP contribution < -0.4 is 23.7 Å². The normalized spacial score (nSPS) is 18.5. The van der Waals surface area contributed by atoms with Crippen LogP contribution in [0.15, 0.2) is 54.7 Å². The number of benzene rings is 3. The fourth-order valence-electron chi connectivity index (χ4n) is 8.77. The number of aromatic nitrogens is 4. The van der Waals surface area contributed by atoms with Gasteiger partial charge in [0.2, 0.25) is 5.88 Å². The average Bonchev–Trinajstić information content (AvgIpc) is 3.68. The molecular weight excluding hydrogens is 912 g/mol. The van der Waals surface area contributed by atoms with Crippen molar-refractivity contribution in [1.29, 1.82) is 0 Å². The summed E-state index contributed by atoms with van der Waals surface area (Å²) in [6.45, 7) is 17.1. The summed E-state index contributed by atoms with van der Waals surface area (Å²) in [4.78, 5) is 26.4. The Morgan fingerprint density at radius 1 is 0.851 bits per heavy atom. The lowest BCUT2D eigenvalue weighted by molar-refractivity contribution is -0.0869. The molecule has 0 spiro atoms. The number of hydrogen-bond acceptors (Lipinski definition) is 14. The molecule has 3 aromatic carbocycles. The van der Waals surface area contributed by atoms with Gasteiger partial charge in [-0.15, -0.1) is 11.3 Å². The first-order valence-corrected chi connectivity index (χ1v) is 24.5. The first kappa shape index (κ1) is 47.3. The van der Waals surface area contributed by atoms with Crippen molar-refractivity contribution in [3.63, 3.8) is 0 Å². The summed E-state index contributed by atoms with van der Waals surface area (Å²) in [6, 6.07) is 15.4. The maximum absolute atomic E-state index is 7.45. The number of fused-ring (bicyclic) bond motifs is 7. The molecule has 16 heteroatoms. The fraction of sp³-hybridized carbons (Fsp3) is 0.451. The second-order valence-corrected chi connectivity index (χ2v) is 20.3. The zero-order valence-electron chi connectivity index (χ0n) is 39.2. The molecule has 2 atom stereocenters. The highest BCUT2D eigenvalue weighted by molar-refractivity contribution is 7.19. The van der Waals surface area contributed by atoms with E-state index >= 15 is 0 Å². The maximum atomic E-state index is 7.45. The predicted molar refractivity (Wildman–Crippen MR) is 263 cm³/mol. The molecule has 13 nitrogen and oxygen atoms in total. The van der Waals surface area contributed by atoms with Gasteiger partial charge in [0.25, 0.3) is 0 Å². The van der Waals surface area contributed by atoms with E-state index in [2.05, 4.69) is 42.6 Å². The number of thiophene rings is 1. The standard InChI is InChI=1S/C51H58Cl2N6O7S/c1-30-41-31(2)45(53)46(44(30)52)66-36(26-59-19-17-58(6)18-20-59)29-64-34-12-13-38(65-27-33-14-16-54-47(55-33)37-10-8-9-11-39(37)60-7)32(24-34)15-21-63-48-43-42(41)40(25-35-28-61-22-23-62-35)67-49(43)57-50(56-48)51(3,4)5/h8-14,16,24,35-36H,15,17-23,25-29H2,1-7H3/t35-,36+/m0/s1. The molecule has 0 unspecified atom stereocenters. The molecule has 0 saturated carbocycles. The number of piperazine rings is 1. The monoisotopic (exact) mass is 968 g/mol. The van der Waals surface area contributed by atoms with Crippen molar-refractivity contribution in [3.05, 3.63) is 97.9 Å². The number of para-hydroxylation sites is 1. The smallest absolute Gasteiger partial charge is 0.226 e. The minimum absolute atomic E-state index is 0.146. The summed E-state index contributed by atoms with van der Waals surface area (Å²) in [6.07, 6.45) is 2.25. The second-order valence-electron chi connectivity index (χ2n) is 18.4. The first-order chi connectivity index (χ1) is 32.3. The summed E-state index contributed by atoms with van der Waals surface area (Å²) < 4.78 is 44.8. The van der Waals surface area contributed by atoms with E-state index in [1.165, 1.54) is 0 Å². The van der Waals surface area contributed by atoms with Crippen LogP contribution in [0.3, 0.4) is 0 Å². The van der Waals surface area contributed by atoms with Gasteiger partial charge in [-0.3, -0.25) is 4.90 Å². The molecule has 0 N–H and O–H groups in total. The molecular formula is C51H58Cl2N6O7S. The molecule has 0 radical (unpaired) electrons. The average molecular weight is 970 g/mol. The van der Waals surface area contributed by atoms with Crippen LogP contribution in [0.5, 0.6) is 28.9 Å². The van der Waals surface area contributed by atoms with Crippen LogP contribution in [0.2, 0.25) is 10.0 Å². The SMILES string of the molecule is COc1ccccc1-c1nccc(COc2ccc3cc2CCOc2nc(C(C)(C)C)nc4sc(C[C@H]5COCCO5)c(c24)-c2c(C)c(Cl)c(c(Cl)c2C)O[C@H](CN2CCN(C)CC2)CO3)n1. The van der Waals surface area contributed by atoms with Gasteiger partial charge in [-0.1, -0.05) is 56.1 Å². The van der Waals surface area contributed by atoms with Crippen LogP contribution in [-0.4, -0.2) is 122 Å². The third-order valence-electron chi connectivity index (χ3n) is 12.5. The van der Waals surface area contributed by atoms with Crippen molar-refractivity contribution in [1.82, 2.24) is 29.7 Å². The molecule has 4 aliphatic rings. The molecule has 67 heavy (non-hydrogen) atoms. The summed E-state index contributed by atoms with van der Waals surface area (Å²) in [5.74, 6) is 4.18. The lowest BCUT2D eigenvalue weighted by Crippen LogP contribution is -2.49. The number of halogens is 2. The maximum Gasteiger partial charge on any atom is 0.226 e. The summed E-state index contributed by atoms with van der Waals surface area (Å²) in [5, 5.41) is 1.69. The summed E-state index contributed by atoms with van der Waals surface area (Å²) >= 11 is 16.5. The molecule has 2 saturated heterocycles. The van der Waals surface area contributed by atoms with Crippen LogP contribution in [0, 0.1) is 13.8 Å². The Morgan fingerprint density at radius 2 is 1.64 bits per heavy atom. The number of nitrogens with zero attached hydrogens (tertiary/aromatic N) is 6. The van der Waals surface area contributed by atoms with Crippen molar-refractivity contribution in [2.75, 3.05) is 79.9 Å². The third-order valence-corrected chi connectivity index (χ3v) is 14.5. The van der Waals surface area contributed by atoms with Gasteiger partial charge >= 0.3 is 0 Å². The number of hydrogen-bond donors (Lipinski definition) is 0. The van der Waals surface area contributed by atoms with E-state index in [1.807, 2.05) is 62.4 Å². The second kappa shape index (κ2) is 20.4. The highest BCUT2D eigenvalue weighted by Gasteiger charge is 2.32. The van der Waals surface area contributed by atoms with Crippen LogP contribution in [0.1, 0.15) is 53.9 Å². The van der Waals surface area contributed by atoms with Crippen molar-refractivity contribution in [2.45, 2.75) is 71.7 Å². The van der Waals surface area contributed by atoms with Crippen molar-refractivity contribution in [3.8, 4) is 51.4 Å². The lowest BCUT2D eigenvalue weighted by atomic mass is 9.91. The highest BCUT2D eigenvalue weighted by atomic mass is 35.5. The molecule has 6 aromatic rings. The van der Waals surface area contributed by atoms with Crippen molar-refractivity contribution >= 4 is 44.8 Å². The van der Waals surface area contributed by atoms with E-state index in [0.717, 1.165) is 74.7 Å². The predicted octanol–water partition coefficient (Wildman–Crippen LogP) is 9.59. The van der Waals surface area contributed by atoms with E-state index in [9.17, 15) is 0 Å². The van der Waals surface area contributed by atoms with E-state index in [0.29, 0.717) is 95.5 Å². The molecule has 4 aliphatic heterocycles. The van der Waals surface area contributed by atoms with Crippen molar-refractivity contribution < 1.29 is 33.2 Å². The van der Waals surface area contributed by atoms with Crippen LogP contribution >= 0.6 is 34.5 Å². The van der Waals surface area contributed by atoms with E-state index < -0.39 is 6.10 Å². The van der Waals surface area contributed by atoms with Crippen LogP contribution in [0.25, 0.3) is 32.7 Å². The minimum Gasteiger partial charge on any atom is -0.496 e. The Balaban J connectivity index is 1.14. The Labute approximate surface area is 406 Å². The number of likely N-dealkylation sites (N-methyl/N-ethyl adjacent to an activating group) is 1. The topological polar surface area (TPSA) is 123 Å². The van der Waals surface area contributed by atoms with Crippen LogP contribution in [0.4, 0.5) is 0 Å². The number of methoxy groups -OCH3 is 1. The largest absolute Gasteiger partial charge is 0.496 e. The lowest BCUT2D eigenvalue weighted by Gasteiger charge is -2.35. The third kappa shape index (κ3) is 10.5. The minimum atomic E-state index is -0.409. The van der Waals surface area contributed by atoms with Crippen molar-refractivity contribution in [2.24, 2.45) is 0 Å². The Bertz CT molecular complexity index is 2700. The zero-order chi connectivity index (χ0) is 46.8. The van der Waals surface area contributed by atoms with Gasteiger partial charge in [0.1, 0.15) is 47.2 Å². The molecule has 0 amide bonds. The molecule has 4 bridgehead atoms. The molecule has 0 aliphatic carbocycles. The zero-order valence-corrected chi connectivity index (χ0v) is 41.6. The van der Waals surface area contributed by atoms with Gasteiger partial charge in [-0.05, 0) is 74.0 Å². The molecule has 7 heterocycles. The van der Waals surface area contributed by atoms with Gasteiger partial charge in [0.05, 0.1) is 66.3 Å². The van der Waals surface area contributed by atoms with E-state index in [-0.39, 0.29) is 31.3 Å². The summed E-state index contributed by atoms with van der Waals surface area (Å²) in [5.41, 5.74) is 5.53. The van der Waals surface area contributed by atoms with Gasteiger partial charge in [-0.25, -0.2) is 15.0 Å². The highest BCUT2D eigenvalue weighted by Crippen LogP contribution is 2.51.